The fourth-order valence-corrected chi connectivity index (χ4v) is 3.40. The van der Waals surface area contributed by atoms with Gasteiger partial charge in [0.15, 0.2) is 0 Å². The maximum atomic E-state index is 12.3. The Kier molecular flexibility index (Phi) is 13.0. The third kappa shape index (κ3) is 10.4. The zero-order valence-corrected chi connectivity index (χ0v) is 18.4. The van der Waals surface area contributed by atoms with Crippen LogP contribution in [0, 0.1) is 0 Å². The number of rotatable bonds is 10. The van der Waals surface area contributed by atoms with Gasteiger partial charge in [0.1, 0.15) is 10.0 Å². The highest BCUT2D eigenvalue weighted by atomic mass is 35.5. The predicted molar refractivity (Wildman–Crippen MR) is 109 cm³/mol. The molecule has 0 radical (unpaired) electrons. The Morgan fingerprint density at radius 1 is 1.04 bits per heavy atom. The Bertz CT molecular complexity index is 579. The van der Waals surface area contributed by atoms with Crippen LogP contribution in [-0.2, 0) is 10.0 Å². The predicted octanol–water partition coefficient (Wildman–Crippen LogP) is 1.46. The second kappa shape index (κ2) is 13.4. The van der Waals surface area contributed by atoms with Gasteiger partial charge in [-0.15, -0.1) is 0 Å². The second-order valence-electron chi connectivity index (χ2n) is 6.27. The number of aromatic nitrogens is 1. The maximum Gasteiger partial charge on any atom is 0.244 e. The highest BCUT2D eigenvalue weighted by Gasteiger charge is 2.23. The van der Waals surface area contributed by atoms with E-state index in [1.54, 1.807) is 0 Å². The van der Waals surface area contributed by atoms with Gasteiger partial charge in [0.2, 0.25) is 10.0 Å². The quantitative estimate of drug-likeness (QED) is 0.468. The zero-order chi connectivity index (χ0) is 20.2. The molecule has 152 valence electrons. The van der Waals surface area contributed by atoms with Crippen molar-refractivity contribution in [1.29, 1.82) is 0 Å². The van der Waals surface area contributed by atoms with E-state index in [1.165, 1.54) is 22.6 Å². The second-order valence-corrected chi connectivity index (χ2v) is 8.60. The van der Waals surface area contributed by atoms with Gasteiger partial charge in [0.05, 0.1) is 0 Å². The Morgan fingerprint density at radius 3 is 2.08 bits per heavy atom. The number of hydrogen-bond donors (Lipinski definition) is 1. The first-order valence-corrected chi connectivity index (χ1v) is 10.6. The van der Waals surface area contributed by atoms with Crippen LogP contribution in [0.3, 0.4) is 0 Å². The number of halogens is 1. The molecule has 1 rings (SSSR count). The van der Waals surface area contributed by atoms with Crippen LogP contribution < -0.4 is 5.32 Å². The lowest BCUT2D eigenvalue weighted by molar-refractivity contribution is 0.340. The summed E-state index contributed by atoms with van der Waals surface area (Å²) in [5.41, 5.74) is 0. The average molecular weight is 408 g/mol. The van der Waals surface area contributed by atoms with Crippen LogP contribution in [0.25, 0.3) is 0 Å². The van der Waals surface area contributed by atoms with E-state index in [0.29, 0.717) is 19.6 Å². The first kappa shape index (κ1) is 25.2. The van der Waals surface area contributed by atoms with Gasteiger partial charge in [-0.05, 0) is 46.9 Å². The van der Waals surface area contributed by atoms with Crippen molar-refractivity contribution in [3.63, 3.8) is 0 Å². The number of likely N-dealkylation sites (N-methyl/N-ethyl adjacent to an activating group) is 4. The molecule has 0 bridgehead atoms. The van der Waals surface area contributed by atoms with Crippen molar-refractivity contribution in [1.82, 2.24) is 24.4 Å². The van der Waals surface area contributed by atoms with Crippen LogP contribution in [0.5, 0.6) is 0 Å². The fraction of sp³-hybridized carbons (Fsp3) is 0.706. The molecule has 1 N–H and O–H groups in total. The standard InChI is InChI=1S/C11H18ClN3O2S.C6H16N2/c1-4-15(8-7-14(2)3)18(16,17)10-5-6-11(12)13-9-10;1-4-7-5-6-8(2)3/h5-6,9H,4,7-8H2,1-3H3;7H,4-6H2,1-3H3. The highest BCUT2D eigenvalue weighted by Crippen LogP contribution is 2.16. The maximum absolute atomic E-state index is 12.3. The molecule has 0 aliphatic heterocycles. The normalized spacial score (nSPS) is 11.8. The molecular formula is C17H34ClN5O2S. The molecule has 0 aliphatic rings. The Hall–Kier alpha value is -0.770. The zero-order valence-electron chi connectivity index (χ0n) is 16.9. The van der Waals surface area contributed by atoms with Crippen molar-refractivity contribution < 1.29 is 8.42 Å². The number of sulfonamides is 1. The van der Waals surface area contributed by atoms with Gasteiger partial charge in [0, 0.05) is 38.9 Å². The van der Waals surface area contributed by atoms with Crippen molar-refractivity contribution in [2.75, 3.05) is 67.5 Å². The van der Waals surface area contributed by atoms with E-state index in [2.05, 4.69) is 36.2 Å². The van der Waals surface area contributed by atoms with Crippen LogP contribution in [-0.4, -0.2) is 95.0 Å². The monoisotopic (exact) mass is 407 g/mol. The van der Waals surface area contributed by atoms with Gasteiger partial charge in [-0.25, -0.2) is 13.4 Å². The van der Waals surface area contributed by atoms with Crippen molar-refractivity contribution in [3.8, 4) is 0 Å². The van der Waals surface area contributed by atoms with Gasteiger partial charge < -0.3 is 15.1 Å². The van der Waals surface area contributed by atoms with E-state index in [-0.39, 0.29) is 10.0 Å². The largest absolute Gasteiger partial charge is 0.316 e. The minimum absolute atomic E-state index is 0.174. The molecule has 0 saturated carbocycles. The van der Waals surface area contributed by atoms with Gasteiger partial charge in [0.25, 0.3) is 0 Å². The van der Waals surface area contributed by atoms with Gasteiger partial charge in [-0.2, -0.15) is 4.31 Å². The smallest absolute Gasteiger partial charge is 0.244 e. The van der Waals surface area contributed by atoms with Crippen LogP contribution in [0.4, 0.5) is 0 Å². The van der Waals surface area contributed by atoms with Crippen LogP contribution >= 0.6 is 11.6 Å². The molecule has 26 heavy (non-hydrogen) atoms. The summed E-state index contributed by atoms with van der Waals surface area (Å²) < 4.78 is 26.1. The molecular weight excluding hydrogens is 374 g/mol. The molecule has 1 heterocycles. The first-order valence-electron chi connectivity index (χ1n) is 8.77. The number of pyridine rings is 1. The molecule has 0 amide bonds. The first-order chi connectivity index (χ1) is 12.1. The Balaban J connectivity index is 0.000000660. The summed E-state index contributed by atoms with van der Waals surface area (Å²) in [5.74, 6) is 0. The van der Waals surface area contributed by atoms with E-state index >= 15 is 0 Å². The molecule has 0 aromatic carbocycles. The average Bonchev–Trinajstić information content (AvgIpc) is 2.56. The fourth-order valence-electron chi connectivity index (χ4n) is 1.90. The third-order valence-electron chi connectivity index (χ3n) is 3.47. The summed E-state index contributed by atoms with van der Waals surface area (Å²) in [4.78, 5) is 8.09. The van der Waals surface area contributed by atoms with Gasteiger partial charge >= 0.3 is 0 Å². The molecule has 7 nitrogen and oxygen atoms in total. The number of nitrogens with zero attached hydrogens (tertiary/aromatic N) is 4. The minimum Gasteiger partial charge on any atom is -0.316 e. The van der Waals surface area contributed by atoms with Crippen LogP contribution in [0.15, 0.2) is 23.2 Å². The molecule has 9 heteroatoms. The Morgan fingerprint density at radius 2 is 1.65 bits per heavy atom. The van der Waals surface area contributed by atoms with Crippen molar-refractivity contribution in [2.24, 2.45) is 0 Å². The Labute approximate surface area is 164 Å². The van der Waals surface area contributed by atoms with Crippen molar-refractivity contribution >= 4 is 21.6 Å². The van der Waals surface area contributed by atoms with Gasteiger partial charge in [-0.1, -0.05) is 25.4 Å². The third-order valence-corrected chi connectivity index (χ3v) is 5.65. The molecule has 0 saturated heterocycles. The molecule has 1 aromatic heterocycles. The lowest BCUT2D eigenvalue weighted by Gasteiger charge is -2.22. The number of hydrogen-bond acceptors (Lipinski definition) is 6. The lowest BCUT2D eigenvalue weighted by Crippen LogP contribution is -2.36. The van der Waals surface area contributed by atoms with Gasteiger partial charge in [-0.3, -0.25) is 0 Å². The number of nitrogens with one attached hydrogen (secondary N) is 1. The molecule has 0 spiro atoms. The minimum atomic E-state index is -3.48. The van der Waals surface area contributed by atoms with Crippen LogP contribution in [0.2, 0.25) is 5.15 Å². The molecule has 0 atom stereocenters. The van der Waals surface area contributed by atoms with E-state index < -0.39 is 10.0 Å². The SMILES string of the molecule is CCN(CCN(C)C)S(=O)(=O)c1ccc(Cl)nc1.CCNCCN(C)C. The van der Waals surface area contributed by atoms with E-state index in [0.717, 1.165) is 19.6 Å². The summed E-state index contributed by atoms with van der Waals surface area (Å²) in [6, 6.07) is 2.96. The summed E-state index contributed by atoms with van der Waals surface area (Å²) >= 11 is 5.65. The summed E-state index contributed by atoms with van der Waals surface area (Å²) in [7, 11) is 4.50. The van der Waals surface area contributed by atoms with Crippen LogP contribution in [0.1, 0.15) is 13.8 Å². The summed E-state index contributed by atoms with van der Waals surface area (Å²) in [6.45, 7) is 8.80. The lowest BCUT2D eigenvalue weighted by atomic mass is 10.5. The van der Waals surface area contributed by atoms with Crippen molar-refractivity contribution in [3.05, 3.63) is 23.5 Å². The van der Waals surface area contributed by atoms with Crippen molar-refractivity contribution in [2.45, 2.75) is 18.7 Å². The highest BCUT2D eigenvalue weighted by molar-refractivity contribution is 7.89. The van der Waals surface area contributed by atoms with E-state index in [1.807, 2.05) is 25.9 Å². The topological polar surface area (TPSA) is 68.8 Å². The molecule has 0 aliphatic carbocycles. The molecule has 0 unspecified atom stereocenters. The van der Waals surface area contributed by atoms with E-state index in [9.17, 15) is 8.42 Å². The van der Waals surface area contributed by atoms with E-state index in [4.69, 9.17) is 11.6 Å². The summed E-state index contributed by atoms with van der Waals surface area (Å²) in [5, 5.41) is 3.52. The molecule has 0 fully saturated rings. The molecule has 1 aromatic rings. The summed E-state index contributed by atoms with van der Waals surface area (Å²) in [6.07, 6.45) is 1.29.